The maximum atomic E-state index is 12.3. The first-order chi connectivity index (χ1) is 14.9. The van der Waals surface area contributed by atoms with Gasteiger partial charge in [-0.05, 0) is 45.3 Å². The summed E-state index contributed by atoms with van der Waals surface area (Å²) >= 11 is 3.40. The van der Waals surface area contributed by atoms with Crippen molar-refractivity contribution in [2.24, 2.45) is 5.10 Å². The third kappa shape index (κ3) is 5.45. The number of non-ortho nitro benzene ring substituents is 1. The Morgan fingerprint density at radius 2 is 2.00 bits per heavy atom. The second-order valence-electron chi connectivity index (χ2n) is 6.26. The van der Waals surface area contributed by atoms with Gasteiger partial charge < -0.3 is 9.47 Å². The van der Waals surface area contributed by atoms with Gasteiger partial charge in [-0.25, -0.2) is 5.43 Å². The molecule has 31 heavy (non-hydrogen) atoms. The first kappa shape index (κ1) is 22.0. The number of hydrazone groups is 1. The molecule has 0 saturated heterocycles. The Bertz CT molecular complexity index is 1130. The molecular formula is C20H18BrN5O5. The first-order valence-electron chi connectivity index (χ1n) is 8.93. The van der Waals surface area contributed by atoms with Crippen LogP contribution >= 0.6 is 15.9 Å². The van der Waals surface area contributed by atoms with E-state index in [1.54, 1.807) is 41.2 Å². The lowest BCUT2D eigenvalue weighted by Crippen LogP contribution is -2.18. The minimum absolute atomic E-state index is 0.0173. The molecule has 160 valence electrons. The quantitative estimate of drug-likeness (QED) is 0.295. The average Bonchev–Trinajstić information content (AvgIpc) is 3.22. The van der Waals surface area contributed by atoms with Gasteiger partial charge in [0.2, 0.25) is 0 Å². The van der Waals surface area contributed by atoms with Gasteiger partial charge in [0, 0.05) is 18.3 Å². The molecule has 11 heteroatoms. The van der Waals surface area contributed by atoms with Gasteiger partial charge in [0.25, 0.3) is 11.6 Å². The number of aromatic nitrogens is 2. The molecule has 0 atom stereocenters. The molecule has 0 spiro atoms. The van der Waals surface area contributed by atoms with Crippen LogP contribution in [0.1, 0.15) is 21.6 Å². The van der Waals surface area contributed by atoms with E-state index in [2.05, 4.69) is 31.6 Å². The fourth-order valence-corrected chi connectivity index (χ4v) is 3.34. The number of halogens is 1. The highest BCUT2D eigenvalue weighted by atomic mass is 79.9. The smallest absolute Gasteiger partial charge is 0.291 e. The van der Waals surface area contributed by atoms with Crippen LogP contribution in [0.5, 0.6) is 11.5 Å². The van der Waals surface area contributed by atoms with Gasteiger partial charge in [-0.3, -0.25) is 19.6 Å². The number of nitrogens with one attached hydrogen (secondary N) is 1. The second-order valence-corrected chi connectivity index (χ2v) is 7.11. The third-order valence-electron chi connectivity index (χ3n) is 4.20. The number of benzene rings is 2. The molecule has 2 aromatic carbocycles. The fourth-order valence-electron chi connectivity index (χ4n) is 2.72. The summed E-state index contributed by atoms with van der Waals surface area (Å²) in [5.74, 6) is 0.607. The molecule has 0 radical (unpaired) electrons. The topological polar surface area (TPSA) is 121 Å². The van der Waals surface area contributed by atoms with Crippen molar-refractivity contribution >= 4 is 33.7 Å². The van der Waals surface area contributed by atoms with Crippen molar-refractivity contribution in [3.63, 3.8) is 0 Å². The average molecular weight is 488 g/mol. The number of amides is 1. The molecule has 1 heterocycles. The highest BCUT2D eigenvalue weighted by Crippen LogP contribution is 2.35. The zero-order valence-electron chi connectivity index (χ0n) is 16.6. The summed E-state index contributed by atoms with van der Waals surface area (Å²) in [7, 11) is 3.07. The molecule has 1 aromatic heterocycles. The highest BCUT2D eigenvalue weighted by molar-refractivity contribution is 9.10. The van der Waals surface area contributed by atoms with Crippen LogP contribution in [-0.2, 0) is 6.54 Å². The van der Waals surface area contributed by atoms with E-state index in [0.29, 0.717) is 28.1 Å². The molecule has 0 bridgehead atoms. The van der Waals surface area contributed by atoms with E-state index in [1.807, 2.05) is 0 Å². The van der Waals surface area contributed by atoms with E-state index in [4.69, 9.17) is 9.47 Å². The number of carbonyl (C=O) groups is 1. The molecule has 0 aliphatic carbocycles. The third-order valence-corrected chi connectivity index (χ3v) is 4.79. The van der Waals surface area contributed by atoms with Crippen molar-refractivity contribution in [1.29, 1.82) is 0 Å². The Morgan fingerprint density at radius 1 is 1.26 bits per heavy atom. The number of methoxy groups -OCH3 is 2. The summed E-state index contributed by atoms with van der Waals surface area (Å²) in [4.78, 5) is 22.5. The van der Waals surface area contributed by atoms with E-state index in [9.17, 15) is 14.9 Å². The molecule has 3 rings (SSSR count). The molecule has 0 saturated carbocycles. The van der Waals surface area contributed by atoms with Crippen molar-refractivity contribution in [3.05, 3.63) is 80.1 Å². The van der Waals surface area contributed by atoms with Crippen molar-refractivity contribution in [3.8, 4) is 11.5 Å². The van der Waals surface area contributed by atoms with Crippen LogP contribution < -0.4 is 14.9 Å². The molecule has 0 aliphatic heterocycles. The van der Waals surface area contributed by atoms with Crippen LogP contribution in [-0.4, -0.2) is 41.0 Å². The van der Waals surface area contributed by atoms with Gasteiger partial charge in [0.05, 0.1) is 36.4 Å². The number of carbonyl (C=O) groups excluding carboxylic acids is 1. The van der Waals surface area contributed by atoms with Crippen molar-refractivity contribution in [2.45, 2.75) is 6.54 Å². The van der Waals surface area contributed by atoms with Crippen LogP contribution in [0.3, 0.4) is 0 Å². The molecule has 1 N–H and O–H groups in total. The van der Waals surface area contributed by atoms with E-state index in [-0.39, 0.29) is 11.4 Å². The van der Waals surface area contributed by atoms with Gasteiger partial charge in [0.15, 0.2) is 17.2 Å². The lowest BCUT2D eigenvalue weighted by Gasteiger charge is -2.10. The maximum absolute atomic E-state index is 12.3. The lowest BCUT2D eigenvalue weighted by atomic mass is 10.2. The minimum atomic E-state index is -0.474. The van der Waals surface area contributed by atoms with E-state index < -0.39 is 10.8 Å². The first-order valence-corrected chi connectivity index (χ1v) is 9.72. The van der Waals surface area contributed by atoms with Crippen LogP contribution in [0.2, 0.25) is 0 Å². The molecule has 3 aromatic rings. The monoisotopic (exact) mass is 487 g/mol. The van der Waals surface area contributed by atoms with Crippen LogP contribution in [0.4, 0.5) is 5.69 Å². The largest absolute Gasteiger partial charge is 0.493 e. The molecule has 1 amide bonds. The molecule has 0 fully saturated rings. The number of hydrogen-bond acceptors (Lipinski definition) is 7. The number of nitrogens with zero attached hydrogens (tertiary/aromatic N) is 4. The maximum Gasteiger partial charge on any atom is 0.291 e. The Morgan fingerprint density at radius 3 is 2.65 bits per heavy atom. The predicted octanol–water partition coefficient (Wildman–Crippen LogP) is 3.38. The molecule has 0 aliphatic rings. The summed E-state index contributed by atoms with van der Waals surface area (Å²) in [5.41, 5.74) is 4.13. The SMILES string of the molecule is COc1cc(/C=N/NC(=O)c2ccn(Cc3ccc([N+](=O)[O-])cc3)n2)cc(Br)c1OC. The normalized spacial score (nSPS) is 10.8. The summed E-state index contributed by atoms with van der Waals surface area (Å²) < 4.78 is 12.8. The van der Waals surface area contributed by atoms with Crippen LogP contribution in [0.15, 0.2) is 58.2 Å². The fraction of sp³-hybridized carbons (Fsp3) is 0.150. The Balaban J connectivity index is 1.62. The Kier molecular flexibility index (Phi) is 6.98. The number of nitro groups is 1. The Hall–Kier alpha value is -3.73. The molecule has 0 unspecified atom stereocenters. The van der Waals surface area contributed by atoms with Gasteiger partial charge in [-0.2, -0.15) is 10.2 Å². The highest BCUT2D eigenvalue weighted by Gasteiger charge is 2.11. The summed E-state index contributed by atoms with van der Waals surface area (Å²) in [6.45, 7) is 0.369. The summed E-state index contributed by atoms with van der Waals surface area (Å²) in [6.07, 6.45) is 3.12. The predicted molar refractivity (Wildman–Crippen MR) is 117 cm³/mol. The zero-order chi connectivity index (χ0) is 22.4. The van der Waals surface area contributed by atoms with Gasteiger partial charge in [0.1, 0.15) is 0 Å². The number of ether oxygens (including phenoxy) is 2. The number of rotatable bonds is 8. The van der Waals surface area contributed by atoms with Crippen LogP contribution in [0.25, 0.3) is 0 Å². The number of nitro benzene ring substituents is 1. The Labute approximate surface area is 185 Å². The molecule has 10 nitrogen and oxygen atoms in total. The van der Waals surface area contributed by atoms with E-state index >= 15 is 0 Å². The van der Waals surface area contributed by atoms with E-state index in [1.165, 1.54) is 32.6 Å². The summed E-state index contributed by atoms with van der Waals surface area (Å²) in [6, 6.07) is 11.2. The standard InChI is InChI=1S/C20H18BrN5O5/c1-30-18-10-14(9-16(21)19(18)31-2)11-22-23-20(27)17-7-8-25(24-17)12-13-3-5-15(6-4-13)26(28)29/h3-11H,12H2,1-2H3,(H,23,27)/b22-11+. The van der Waals surface area contributed by atoms with E-state index in [0.717, 1.165) is 5.56 Å². The van der Waals surface area contributed by atoms with Gasteiger partial charge in [-0.15, -0.1) is 0 Å². The number of hydrogen-bond donors (Lipinski definition) is 1. The van der Waals surface area contributed by atoms with Gasteiger partial charge >= 0.3 is 0 Å². The van der Waals surface area contributed by atoms with Crippen molar-refractivity contribution < 1.29 is 19.2 Å². The van der Waals surface area contributed by atoms with Crippen molar-refractivity contribution in [2.75, 3.05) is 14.2 Å². The van der Waals surface area contributed by atoms with Crippen LogP contribution in [0, 0.1) is 10.1 Å². The van der Waals surface area contributed by atoms with Crippen molar-refractivity contribution in [1.82, 2.24) is 15.2 Å². The minimum Gasteiger partial charge on any atom is -0.493 e. The second kappa shape index (κ2) is 9.85. The summed E-state index contributed by atoms with van der Waals surface area (Å²) in [5, 5.41) is 18.9. The zero-order valence-corrected chi connectivity index (χ0v) is 18.2. The lowest BCUT2D eigenvalue weighted by molar-refractivity contribution is -0.384. The molecular weight excluding hydrogens is 470 g/mol. The van der Waals surface area contributed by atoms with Gasteiger partial charge in [-0.1, -0.05) is 12.1 Å².